The van der Waals surface area contributed by atoms with Gasteiger partial charge >= 0.3 is 6.18 Å². The molecule has 0 spiro atoms. The van der Waals surface area contributed by atoms with Gasteiger partial charge in [0.25, 0.3) is 0 Å². The summed E-state index contributed by atoms with van der Waals surface area (Å²) in [5, 5.41) is 5.64. The quantitative estimate of drug-likeness (QED) is 0.276. The number of nitrogens with zero attached hydrogens (tertiary/aromatic N) is 3. The van der Waals surface area contributed by atoms with Crippen molar-refractivity contribution in [1.29, 1.82) is 0 Å². The number of carbonyl (C=O) groups excluding carboxylic acids is 2. The summed E-state index contributed by atoms with van der Waals surface area (Å²) >= 11 is 12.2. The lowest BCUT2D eigenvalue weighted by molar-refractivity contribution is -0.137. The monoisotopic (exact) mass is 445 g/mol. The molecule has 29 heavy (non-hydrogen) atoms. The molecule has 0 aliphatic heterocycles. The second-order valence-corrected chi connectivity index (χ2v) is 6.90. The summed E-state index contributed by atoms with van der Waals surface area (Å²) in [6.07, 6.45) is -4.10. The maximum Gasteiger partial charge on any atom is 0.416 e. The first-order chi connectivity index (χ1) is 13.5. The van der Waals surface area contributed by atoms with Crippen molar-refractivity contribution >= 4 is 46.9 Å². The number of Topliss-reactive ketones (excluding diaryl/α,β-unsaturated/α-hetero) is 1. The van der Waals surface area contributed by atoms with E-state index in [2.05, 4.69) is 5.10 Å². The maximum atomic E-state index is 12.8. The third-order valence-electron chi connectivity index (χ3n) is 3.80. The number of alkyl halides is 3. The number of rotatable bonds is 6. The van der Waals surface area contributed by atoms with E-state index >= 15 is 0 Å². The molecule has 0 saturated heterocycles. The molecule has 0 atom stereocenters. The van der Waals surface area contributed by atoms with Crippen LogP contribution in [0, 0.1) is 0 Å². The highest BCUT2D eigenvalue weighted by Crippen LogP contribution is 2.31. The van der Waals surface area contributed by atoms with E-state index in [0.717, 1.165) is 17.1 Å². The summed E-state index contributed by atoms with van der Waals surface area (Å²) in [6, 6.07) is 8.96. The molecule has 0 heterocycles. The summed E-state index contributed by atoms with van der Waals surface area (Å²) in [4.78, 5) is 24.2. The van der Waals surface area contributed by atoms with Crippen LogP contribution in [0.2, 0.25) is 10.0 Å². The van der Waals surface area contributed by atoms with Crippen LogP contribution in [0.3, 0.4) is 0 Å². The van der Waals surface area contributed by atoms with Gasteiger partial charge in [-0.25, -0.2) is 5.01 Å². The van der Waals surface area contributed by atoms with Gasteiger partial charge in [-0.2, -0.15) is 18.3 Å². The van der Waals surface area contributed by atoms with E-state index in [-0.39, 0.29) is 23.2 Å². The third kappa shape index (κ3) is 5.95. The normalized spacial score (nSPS) is 11.9. The number of halogens is 5. The Morgan fingerprint density at radius 3 is 2.24 bits per heavy atom. The summed E-state index contributed by atoms with van der Waals surface area (Å²) in [5.74, 6) is -0.167. The van der Waals surface area contributed by atoms with Crippen molar-refractivity contribution in [2.45, 2.75) is 13.1 Å². The lowest BCUT2D eigenvalue weighted by atomic mass is 10.1. The number of amidine groups is 1. The average Bonchev–Trinajstić information content (AvgIpc) is 2.64. The molecular formula is C19H16Cl2F3N3O2. The fourth-order valence-corrected chi connectivity index (χ4v) is 2.91. The SMILES string of the molecule is CC(=O)CN(C=O)/N=C(/c1ccc(Cl)cc1Cl)N(C)c1ccc(C(F)(F)F)cc1. The van der Waals surface area contributed by atoms with Gasteiger partial charge in [0.1, 0.15) is 6.54 Å². The molecule has 5 nitrogen and oxygen atoms in total. The third-order valence-corrected chi connectivity index (χ3v) is 4.35. The van der Waals surface area contributed by atoms with Gasteiger partial charge in [-0.15, -0.1) is 0 Å². The molecule has 154 valence electrons. The van der Waals surface area contributed by atoms with Gasteiger partial charge in [-0.3, -0.25) is 9.59 Å². The molecule has 0 unspecified atom stereocenters. The van der Waals surface area contributed by atoms with Crippen LogP contribution in [0.5, 0.6) is 0 Å². The number of hydrogen-bond acceptors (Lipinski definition) is 3. The minimum absolute atomic E-state index is 0.139. The Labute approximate surface area is 175 Å². The molecule has 2 rings (SSSR count). The summed E-state index contributed by atoms with van der Waals surface area (Å²) in [5.41, 5.74) is -0.0749. The van der Waals surface area contributed by atoms with Crippen molar-refractivity contribution in [3.63, 3.8) is 0 Å². The Morgan fingerprint density at radius 2 is 1.76 bits per heavy atom. The van der Waals surface area contributed by atoms with E-state index < -0.39 is 11.7 Å². The van der Waals surface area contributed by atoms with Gasteiger partial charge in [0, 0.05) is 23.3 Å². The van der Waals surface area contributed by atoms with Crippen LogP contribution in [-0.4, -0.2) is 36.6 Å². The maximum absolute atomic E-state index is 12.8. The van der Waals surface area contributed by atoms with E-state index in [1.54, 1.807) is 19.2 Å². The number of anilines is 1. The van der Waals surface area contributed by atoms with Crippen molar-refractivity contribution in [1.82, 2.24) is 5.01 Å². The number of hydrogen-bond donors (Lipinski definition) is 0. The molecule has 0 aromatic heterocycles. The molecule has 0 aliphatic carbocycles. The number of hydrazone groups is 1. The van der Waals surface area contributed by atoms with Crippen molar-refractivity contribution < 1.29 is 22.8 Å². The number of amides is 1. The predicted octanol–water partition coefficient (Wildman–Crippen LogP) is 4.86. The first kappa shape index (κ1) is 22.7. The molecule has 0 N–H and O–H groups in total. The Balaban J connectivity index is 2.53. The molecule has 0 bridgehead atoms. The first-order valence-corrected chi connectivity index (χ1v) is 8.95. The molecule has 2 aromatic rings. The largest absolute Gasteiger partial charge is 0.416 e. The van der Waals surface area contributed by atoms with E-state index in [1.807, 2.05) is 0 Å². The zero-order chi connectivity index (χ0) is 21.8. The molecule has 0 fully saturated rings. The Hall–Kier alpha value is -2.58. The van der Waals surface area contributed by atoms with Gasteiger partial charge in [0.2, 0.25) is 6.41 Å². The lowest BCUT2D eigenvalue weighted by Crippen LogP contribution is -2.32. The number of ketones is 1. The summed E-state index contributed by atoms with van der Waals surface area (Å²) in [7, 11) is 1.54. The van der Waals surface area contributed by atoms with E-state index in [1.165, 1.54) is 30.0 Å². The fraction of sp³-hybridized carbons (Fsp3) is 0.211. The van der Waals surface area contributed by atoms with Crippen LogP contribution in [-0.2, 0) is 15.8 Å². The second-order valence-electron chi connectivity index (χ2n) is 6.06. The van der Waals surface area contributed by atoms with Crippen LogP contribution in [0.1, 0.15) is 18.1 Å². The molecular weight excluding hydrogens is 430 g/mol. The zero-order valence-electron chi connectivity index (χ0n) is 15.4. The fourth-order valence-electron chi connectivity index (χ4n) is 2.41. The molecule has 0 aliphatic rings. The van der Waals surface area contributed by atoms with Gasteiger partial charge in [0.05, 0.1) is 10.6 Å². The topological polar surface area (TPSA) is 53.0 Å². The lowest BCUT2D eigenvalue weighted by Gasteiger charge is -2.24. The highest BCUT2D eigenvalue weighted by Gasteiger charge is 2.30. The molecule has 2 aromatic carbocycles. The summed E-state index contributed by atoms with van der Waals surface area (Å²) < 4.78 is 38.5. The number of benzene rings is 2. The number of carbonyl (C=O) groups is 2. The molecule has 10 heteroatoms. The predicted molar refractivity (Wildman–Crippen MR) is 106 cm³/mol. The van der Waals surface area contributed by atoms with E-state index in [9.17, 15) is 22.8 Å². The Morgan fingerprint density at radius 1 is 1.14 bits per heavy atom. The van der Waals surface area contributed by atoms with Gasteiger partial charge in [0.15, 0.2) is 11.6 Å². The van der Waals surface area contributed by atoms with Gasteiger partial charge in [-0.05, 0) is 49.4 Å². The summed E-state index contributed by atoms with van der Waals surface area (Å²) in [6.45, 7) is 1.01. The second kappa shape index (κ2) is 9.28. The average molecular weight is 446 g/mol. The van der Waals surface area contributed by atoms with Crippen LogP contribution in [0.4, 0.5) is 18.9 Å². The highest BCUT2D eigenvalue weighted by atomic mass is 35.5. The van der Waals surface area contributed by atoms with Crippen LogP contribution >= 0.6 is 23.2 Å². The Bertz CT molecular complexity index is 931. The van der Waals surface area contributed by atoms with Gasteiger partial charge < -0.3 is 4.90 Å². The van der Waals surface area contributed by atoms with Crippen LogP contribution in [0.15, 0.2) is 47.6 Å². The first-order valence-electron chi connectivity index (χ1n) is 8.19. The standard InChI is InChI=1S/C19H16Cl2F3N3O2/c1-12(29)10-27(11-28)25-18(16-8-5-14(20)9-17(16)21)26(2)15-6-3-13(4-7-15)19(22,23)24/h3-9,11H,10H2,1-2H3/b25-18-. The zero-order valence-corrected chi connectivity index (χ0v) is 16.9. The van der Waals surface area contributed by atoms with E-state index in [0.29, 0.717) is 22.7 Å². The smallest absolute Gasteiger partial charge is 0.328 e. The minimum Gasteiger partial charge on any atom is -0.328 e. The van der Waals surface area contributed by atoms with E-state index in [4.69, 9.17) is 23.2 Å². The minimum atomic E-state index is -4.47. The van der Waals surface area contributed by atoms with Crippen LogP contribution in [0.25, 0.3) is 0 Å². The van der Waals surface area contributed by atoms with Crippen molar-refractivity contribution in [3.05, 3.63) is 63.6 Å². The van der Waals surface area contributed by atoms with Crippen molar-refractivity contribution in [2.24, 2.45) is 5.10 Å². The molecule has 0 radical (unpaired) electrons. The van der Waals surface area contributed by atoms with Gasteiger partial charge in [-0.1, -0.05) is 23.2 Å². The van der Waals surface area contributed by atoms with Crippen molar-refractivity contribution in [3.8, 4) is 0 Å². The van der Waals surface area contributed by atoms with Crippen LogP contribution < -0.4 is 4.90 Å². The molecule has 1 amide bonds. The Kier molecular flexibility index (Phi) is 7.26. The van der Waals surface area contributed by atoms with Crippen molar-refractivity contribution in [2.75, 3.05) is 18.5 Å². The molecule has 0 saturated carbocycles. The highest BCUT2D eigenvalue weighted by molar-refractivity contribution is 6.37.